The molecule has 0 bridgehead atoms. The maximum Gasteiger partial charge on any atom is 0.195 e. The zero-order valence-electron chi connectivity index (χ0n) is 5.06. The molecule has 1 radical (unpaired) electrons. The Balaban J connectivity index is 2.84. The zero-order valence-corrected chi connectivity index (χ0v) is 5.06. The van der Waals surface area contributed by atoms with Crippen molar-refractivity contribution in [1.82, 2.24) is 4.98 Å². The number of oxazole rings is 1. The fourth-order valence-electron chi connectivity index (χ4n) is 0.517. The lowest BCUT2D eigenvalue weighted by atomic mass is 10.5. The number of aryl methyl sites for hydroxylation is 2. The maximum atomic E-state index is 4.88. The molecule has 1 heterocycles. The highest BCUT2D eigenvalue weighted by Crippen LogP contribution is 1.98. The Morgan fingerprint density at radius 2 is 2.50 bits per heavy atom. The largest absolute Gasteiger partial charge is 0.437 e. The van der Waals surface area contributed by atoms with Gasteiger partial charge in [-0.25, -0.2) is 4.98 Å². The zero-order chi connectivity index (χ0) is 5.98. The molecule has 8 heavy (non-hydrogen) atoms. The van der Waals surface area contributed by atoms with E-state index in [1.165, 1.54) is 0 Å². The maximum absolute atomic E-state index is 4.88. The predicted molar refractivity (Wildman–Crippen MR) is 29.5 cm³/mol. The molecule has 0 amide bonds. The minimum absolute atomic E-state index is 0.766. The van der Waals surface area contributed by atoms with Crippen molar-refractivity contribution in [2.24, 2.45) is 0 Å². The third-order valence-electron chi connectivity index (χ3n) is 0.911. The second-order valence-electron chi connectivity index (χ2n) is 1.65. The minimum Gasteiger partial charge on any atom is -0.437 e. The molecule has 0 atom stereocenters. The van der Waals surface area contributed by atoms with Gasteiger partial charge in [0.2, 0.25) is 0 Å². The Morgan fingerprint density at radius 1 is 1.75 bits per heavy atom. The van der Waals surface area contributed by atoms with Crippen molar-refractivity contribution in [3.8, 4) is 0 Å². The van der Waals surface area contributed by atoms with Crippen molar-refractivity contribution >= 4 is 0 Å². The predicted octanol–water partition coefficient (Wildman–Crippen LogP) is 1.35. The molecule has 43 valence electrons. The van der Waals surface area contributed by atoms with Crippen LogP contribution in [0.5, 0.6) is 0 Å². The lowest BCUT2D eigenvalue weighted by Crippen LogP contribution is -1.76. The molecule has 0 aliphatic rings. The van der Waals surface area contributed by atoms with E-state index in [4.69, 9.17) is 4.42 Å². The van der Waals surface area contributed by atoms with Crippen molar-refractivity contribution in [2.75, 3.05) is 0 Å². The van der Waals surface area contributed by atoms with E-state index in [9.17, 15) is 0 Å². The summed E-state index contributed by atoms with van der Waals surface area (Å²) in [5.74, 6) is 0.766. The van der Waals surface area contributed by atoms with Crippen LogP contribution < -0.4 is 0 Å². The van der Waals surface area contributed by atoms with E-state index in [1.54, 1.807) is 0 Å². The number of hydrogen-bond donors (Lipinski definition) is 0. The highest BCUT2D eigenvalue weighted by Gasteiger charge is 1.94. The number of hydrogen-bond acceptors (Lipinski definition) is 2. The van der Waals surface area contributed by atoms with Crippen LogP contribution in [0.15, 0.2) is 4.42 Å². The van der Waals surface area contributed by atoms with Gasteiger partial charge in [0.1, 0.15) is 0 Å². The van der Waals surface area contributed by atoms with Crippen LogP contribution in [0.25, 0.3) is 0 Å². The first-order valence-electron chi connectivity index (χ1n) is 2.67. The minimum atomic E-state index is 0.766. The summed E-state index contributed by atoms with van der Waals surface area (Å²) in [7, 11) is 0. The molecule has 2 nitrogen and oxygen atoms in total. The van der Waals surface area contributed by atoms with Gasteiger partial charge in [0.15, 0.2) is 12.2 Å². The smallest absolute Gasteiger partial charge is 0.195 e. The van der Waals surface area contributed by atoms with Crippen LogP contribution >= 0.6 is 0 Å². The third-order valence-corrected chi connectivity index (χ3v) is 0.911. The van der Waals surface area contributed by atoms with Gasteiger partial charge < -0.3 is 4.42 Å². The normalized spacial score (nSPS) is 9.75. The van der Waals surface area contributed by atoms with E-state index < -0.39 is 0 Å². The first kappa shape index (κ1) is 5.35. The Morgan fingerprint density at radius 3 is 2.75 bits per heavy atom. The first-order chi connectivity index (χ1) is 3.83. The molecule has 0 N–H and O–H groups in total. The van der Waals surface area contributed by atoms with Gasteiger partial charge in [0.05, 0.1) is 5.69 Å². The van der Waals surface area contributed by atoms with Crippen LogP contribution in [-0.2, 0) is 6.42 Å². The molecular weight excluding hydrogens is 102 g/mol. The van der Waals surface area contributed by atoms with Gasteiger partial charge in [-0.2, -0.15) is 0 Å². The molecule has 0 spiro atoms. The molecule has 0 fully saturated rings. The lowest BCUT2D eigenvalue weighted by molar-refractivity contribution is 0.494. The molecule has 0 aliphatic carbocycles. The highest BCUT2D eigenvalue weighted by atomic mass is 16.3. The van der Waals surface area contributed by atoms with Crippen molar-refractivity contribution in [2.45, 2.75) is 20.3 Å². The van der Waals surface area contributed by atoms with Crippen LogP contribution in [0.3, 0.4) is 0 Å². The monoisotopic (exact) mass is 110 g/mol. The average Bonchev–Trinajstić information content (AvgIpc) is 2.14. The van der Waals surface area contributed by atoms with Gasteiger partial charge in [-0.3, -0.25) is 0 Å². The van der Waals surface area contributed by atoms with Gasteiger partial charge in [-0.15, -0.1) is 0 Å². The molecule has 2 heteroatoms. The summed E-state index contributed by atoms with van der Waals surface area (Å²) < 4.78 is 4.88. The molecule has 1 aromatic heterocycles. The fraction of sp³-hybridized carbons (Fsp3) is 0.500. The topological polar surface area (TPSA) is 26.0 Å². The summed E-state index contributed by atoms with van der Waals surface area (Å²) in [6.45, 7) is 3.86. The van der Waals surface area contributed by atoms with E-state index in [-0.39, 0.29) is 0 Å². The SMILES string of the molecule is CCc1nc(C)[c]o1. The van der Waals surface area contributed by atoms with E-state index in [0.29, 0.717) is 0 Å². The molecule has 0 saturated carbocycles. The Bertz CT molecular complexity index is 169. The first-order valence-corrected chi connectivity index (χ1v) is 2.67. The van der Waals surface area contributed by atoms with Crippen molar-refractivity contribution in [3.05, 3.63) is 17.8 Å². The number of rotatable bonds is 1. The molecule has 0 aliphatic heterocycles. The number of nitrogens with zero attached hydrogens (tertiary/aromatic N) is 1. The van der Waals surface area contributed by atoms with Gasteiger partial charge in [-0.1, -0.05) is 6.92 Å². The van der Waals surface area contributed by atoms with E-state index in [1.807, 2.05) is 13.8 Å². The summed E-state index contributed by atoms with van der Waals surface area (Å²) in [5, 5.41) is 0. The van der Waals surface area contributed by atoms with Gasteiger partial charge >= 0.3 is 0 Å². The Labute approximate surface area is 48.5 Å². The average molecular weight is 110 g/mol. The fourth-order valence-corrected chi connectivity index (χ4v) is 0.517. The van der Waals surface area contributed by atoms with E-state index in [0.717, 1.165) is 18.0 Å². The molecule has 0 unspecified atom stereocenters. The van der Waals surface area contributed by atoms with Gasteiger partial charge in [0.25, 0.3) is 0 Å². The highest BCUT2D eigenvalue weighted by molar-refractivity contribution is 4.90. The third kappa shape index (κ3) is 0.886. The van der Waals surface area contributed by atoms with Crippen LogP contribution in [0.1, 0.15) is 18.5 Å². The molecule has 0 saturated heterocycles. The molecule has 1 rings (SSSR count). The standard InChI is InChI=1S/C6H8NO/c1-3-6-7-5(2)4-8-6/h3H2,1-2H3. The van der Waals surface area contributed by atoms with Crippen molar-refractivity contribution in [3.63, 3.8) is 0 Å². The summed E-state index contributed by atoms with van der Waals surface area (Å²) in [4.78, 5) is 4.01. The second-order valence-corrected chi connectivity index (χ2v) is 1.65. The van der Waals surface area contributed by atoms with Gasteiger partial charge in [0, 0.05) is 6.42 Å². The quantitative estimate of drug-likeness (QED) is 0.545. The second kappa shape index (κ2) is 1.99. The Kier molecular flexibility index (Phi) is 1.33. The summed E-state index contributed by atoms with van der Waals surface area (Å²) >= 11 is 0. The molecule has 1 aromatic rings. The van der Waals surface area contributed by atoms with Crippen LogP contribution in [0.4, 0.5) is 0 Å². The van der Waals surface area contributed by atoms with Crippen molar-refractivity contribution < 1.29 is 4.42 Å². The summed E-state index contributed by atoms with van der Waals surface area (Å²) in [6, 6.07) is 0. The lowest BCUT2D eigenvalue weighted by Gasteiger charge is -1.78. The van der Waals surface area contributed by atoms with Gasteiger partial charge in [-0.05, 0) is 6.92 Å². The number of aromatic nitrogens is 1. The van der Waals surface area contributed by atoms with Crippen LogP contribution in [-0.4, -0.2) is 4.98 Å². The molecular formula is C6H8NO. The summed E-state index contributed by atoms with van der Waals surface area (Å²) in [6.07, 6.45) is 3.48. The Hall–Kier alpha value is -0.790. The van der Waals surface area contributed by atoms with Crippen LogP contribution in [0, 0.1) is 13.2 Å². The van der Waals surface area contributed by atoms with Crippen LogP contribution in [0.2, 0.25) is 0 Å². The van der Waals surface area contributed by atoms with E-state index in [2.05, 4.69) is 11.2 Å². The van der Waals surface area contributed by atoms with E-state index >= 15 is 0 Å². The van der Waals surface area contributed by atoms with Crippen molar-refractivity contribution in [1.29, 1.82) is 0 Å². The molecule has 0 aromatic carbocycles. The summed E-state index contributed by atoms with van der Waals surface area (Å²) in [5.41, 5.74) is 0.835.